The summed E-state index contributed by atoms with van der Waals surface area (Å²) in [4.78, 5) is 40.5. The van der Waals surface area contributed by atoms with Gasteiger partial charge in [-0.3, -0.25) is 19.3 Å². The van der Waals surface area contributed by atoms with Crippen molar-refractivity contribution in [2.45, 2.75) is 25.8 Å². The number of aryl methyl sites for hydroxylation is 1. The monoisotopic (exact) mass is 329 g/mol. The van der Waals surface area contributed by atoms with E-state index in [0.29, 0.717) is 24.7 Å². The Hall–Kier alpha value is -2.21. The van der Waals surface area contributed by atoms with Crippen LogP contribution in [0.5, 0.6) is 0 Å². The molecule has 0 radical (unpaired) electrons. The third-order valence-electron chi connectivity index (χ3n) is 4.73. The van der Waals surface area contributed by atoms with Gasteiger partial charge in [-0.2, -0.15) is 0 Å². The smallest absolute Gasteiger partial charge is 0.292 e. The second kappa shape index (κ2) is 7.13. The number of carbonyl (C=O) groups is 3. The minimum Gasteiger partial charge on any atom is -0.340 e. The van der Waals surface area contributed by atoms with E-state index in [1.54, 1.807) is 30.0 Å². The maximum Gasteiger partial charge on any atom is 0.292 e. The molecule has 1 aromatic carbocycles. The largest absolute Gasteiger partial charge is 0.340 e. The van der Waals surface area contributed by atoms with Crippen LogP contribution in [-0.2, 0) is 9.59 Å². The molecule has 0 atom stereocenters. The number of Topliss-reactive ketones (excluding diaryl/α,β-unsaturated/α-hetero) is 1. The molecular formula is C18H23N3O3. The maximum atomic E-state index is 12.2. The molecular weight excluding hydrogens is 306 g/mol. The predicted octanol–water partition coefficient (Wildman–Crippen LogP) is 0.601. The zero-order chi connectivity index (χ0) is 17.1. The van der Waals surface area contributed by atoms with Crippen LogP contribution in [0.1, 0.15) is 28.8 Å². The molecule has 1 aliphatic carbocycles. The number of piperazine rings is 1. The van der Waals surface area contributed by atoms with Gasteiger partial charge in [0.25, 0.3) is 5.91 Å². The van der Waals surface area contributed by atoms with Crippen molar-refractivity contribution in [3.63, 3.8) is 0 Å². The second-order valence-corrected chi connectivity index (χ2v) is 6.47. The van der Waals surface area contributed by atoms with Gasteiger partial charge in [-0.25, -0.2) is 0 Å². The lowest BCUT2D eigenvalue weighted by molar-refractivity contribution is -0.133. The zero-order valence-electron chi connectivity index (χ0n) is 14.0. The summed E-state index contributed by atoms with van der Waals surface area (Å²) in [6, 6.07) is 7.65. The quantitative estimate of drug-likeness (QED) is 0.634. The molecule has 128 valence electrons. The Morgan fingerprint density at radius 1 is 1.08 bits per heavy atom. The van der Waals surface area contributed by atoms with E-state index in [1.165, 1.54) is 12.8 Å². The van der Waals surface area contributed by atoms with E-state index < -0.39 is 11.7 Å². The zero-order valence-corrected chi connectivity index (χ0v) is 14.0. The van der Waals surface area contributed by atoms with Crippen molar-refractivity contribution in [1.29, 1.82) is 0 Å². The highest BCUT2D eigenvalue weighted by atomic mass is 16.2. The first-order valence-electron chi connectivity index (χ1n) is 8.46. The normalized spacial score (nSPS) is 18.3. The van der Waals surface area contributed by atoms with Crippen molar-refractivity contribution in [3.05, 3.63) is 35.4 Å². The van der Waals surface area contributed by atoms with E-state index in [0.717, 1.165) is 18.7 Å². The van der Waals surface area contributed by atoms with Crippen LogP contribution < -0.4 is 5.32 Å². The van der Waals surface area contributed by atoms with E-state index in [2.05, 4.69) is 10.2 Å². The van der Waals surface area contributed by atoms with Crippen molar-refractivity contribution < 1.29 is 14.4 Å². The van der Waals surface area contributed by atoms with Gasteiger partial charge in [0.05, 0.1) is 6.54 Å². The molecule has 1 N–H and O–H groups in total. The first-order valence-corrected chi connectivity index (χ1v) is 8.46. The van der Waals surface area contributed by atoms with Crippen LogP contribution in [-0.4, -0.2) is 66.2 Å². The highest BCUT2D eigenvalue weighted by Gasteiger charge is 2.32. The lowest BCUT2D eigenvalue weighted by Crippen LogP contribution is -2.52. The van der Waals surface area contributed by atoms with E-state index in [4.69, 9.17) is 0 Å². The first kappa shape index (κ1) is 16.6. The van der Waals surface area contributed by atoms with Gasteiger partial charge in [-0.05, 0) is 25.3 Å². The molecule has 3 rings (SSSR count). The molecule has 6 heteroatoms. The van der Waals surface area contributed by atoms with Gasteiger partial charge in [0.1, 0.15) is 0 Å². The minimum absolute atomic E-state index is 0.125. The average molecular weight is 329 g/mol. The van der Waals surface area contributed by atoms with Crippen LogP contribution in [0.2, 0.25) is 0 Å². The third-order valence-corrected chi connectivity index (χ3v) is 4.73. The molecule has 1 heterocycles. The average Bonchev–Trinajstić information content (AvgIpc) is 3.44. The Bertz CT molecular complexity index is 647. The molecule has 1 saturated heterocycles. The van der Waals surface area contributed by atoms with Gasteiger partial charge in [0.15, 0.2) is 0 Å². The van der Waals surface area contributed by atoms with Crippen molar-refractivity contribution in [2.75, 3.05) is 32.7 Å². The summed E-state index contributed by atoms with van der Waals surface area (Å²) in [5, 5.41) is 2.46. The molecule has 1 saturated carbocycles. The minimum atomic E-state index is -0.728. The van der Waals surface area contributed by atoms with Crippen LogP contribution in [0.4, 0.5) is 0 Å². The second-order valence-electron chi connectivity index (χ2n) is 6.47. The molecule has 2 amide bonds. The maximum absolute atomic E-state index is 12.2. The summed E-state index contributed by atoms with van der Waals surface area (Å²) < 4.78 is 0. The van der Waals surface area contributed by atoms with Crippen molar-refractivity contribution in [1.82, 2.24) is 15.1 Å². The number of nitrogens with zero attached hydrogens (tertiary/aromatic N) is 2. The molecule has 0 aromatic heterocycles. The topological polar surface area (TPSA) is 69.7 Å². The van der Waals surface area contributed by atoms with Gasteiger partial charge in [-0.1, -0.05) is 24.3 Å². The van der Waals surface area contributed by atoms with Crippen molar-refractivity contribution in [2.24, 2.45) is 0 Å². The Morgan fingerprint density at radius 2 is 1.75 bits per heavy atom. The van der Waals surface area contributed by atoms with Crippen LogP contribution in [0.3, 0.4) is 0 Å². The number of benzene rings is 1. The Labute approximate surface area is 141 Å². The summed E-state index contributed by atoms with van der Waals surface area (Å²) in [6.07, 6.45) is 2.54. The molecule has 6 nitrogen and oxygen atoms in total. The SMILES string of the molecule is Cc1ccccc1C(=O)C(=O)NCC(=O)N1CCN(C2CC2)CC1. The number of hydrogen-bond donors (Lipinski definition) is 1. The van der Waals surface area contributed by atoms with Crippen molar-refractivity contribution in [3.8, 4) is 0 Å². The Morgan fingerprint density at radius 3 is 2.38 bits per heavy atom. The fraction of sp³-hybridized carbons (Fsp3) is 0.500. The molecule has 24 heavy (non-hydrogen) atoms. The number of nitrogens with one attached hydrogen (secondary N) is 1. The molecule has 0 bridgehead atoms. The third kappa shape index (κ3) is 3.82. The number of rotatable bonds is 5. The lowest BCUT2D eigenvalue weighted by Gasteiger charge is -2.34. The lowest BCUT2D eigenvalue weighted by atomic mass is 10.0. The van der Waals surface area contributed by atoms with Gasteiger partial charge >= 0.3 is 0 Å². The van der Waals surface area contributed by atoms with Crippen LogP contribution in [0.25, 0.3) is 0 Å². The van der Waals surface area contributed by atoms with Crippen LogP contribution in [0, 0.1) is 6.92 Å². The molecule has 1 aromatic rings. The number of carbonyl (C=O) groups excluding carboxylic acids is 3. The fourth-order valence-corrected chi connectivity index (χ4v) is 3.07. The van der Waals surface area contributed by atoms with Crippen LogP contribution >= 0.6 is 0 Å². The predicted molar refractivity (Wildman–Crippen MR) is 89.7 cm³/mol. The summed E-state index contributed by atoms with van der Waals surface area (Å²) in [5.74, 6) is -1.45. The first-order chi connectivity index (χ1) is 11.6. The highest BCUT2D eigenvalue weighted by Crippen LogP contribution is 2.27. The summed E-state index contributed by atoms with van der Waals surface area (Å²) in [7, 11) is 0. The van der Waals surface area contributed by atoms with E-state index in [-0.39, 0.29) is 12.5 Å². The molecule has 1 aliphatic heterocycles. The van der Waals surface area contributed by atoms with Gasteiger partial charge in [0.2, 0.25) is 11.7 Å². The van der Waals surface area contributed by atoms with Gasteiger partial charge < -0.3 is 10.2 Å². The number of hydrogen-bond acceptors (Lipinski definition) is 4. The molecule has 2 fully saturated rings. The summed E-state index contributed by atoms with van der Waals surface area (Å²) in [6.45, 7) is 4.83. The van der Waals surface area contributed by atoms with Gasteiger partial charge in [-0.15, -0.1) is 0 Å². The standard InChI is InChI=1S/C18H23N3O3/c1-13-4-2-3-5-15(13)17(23)18(24)19-12-16(22)21-10-8-20(9-11-21)14-6-7-14/h2-5,14H,6-12H2,1H3,(H,19,24). The summed E-state index contributed by atoms with van der Waals surface area (Å²) in [5.41, 5.74) is 1.13. The highest BCUT2D eigenvalue weighted by molar-refractivity contribution is 6.43. The number of ketones is 1. The Kier molecular flexibility index (Phi) is 4.94. The van der Waals surface area contributed by atoms with E-state index in [1.807, 2.05) is 6.07 Å². The van der Waals surface area contributed by atoms with E-state index >= 15 is 0 Å². The van der Waals surface area contributed by atoms with Crippen molar-refractivity contribution >= 4 is 17.6 Å². The van der Waals surface area contributed by atoms with Crippen LogP contribution in [0.15, 0.2) is 24.3 Å². The number of amides is 2. The molecule has 2 aliphatic rings. The Balaban J connectivity index is 1.46. The van der Waals surface area contributed by atoms with Gasteiger partial charge in [0, 0.05) is 37.8 Å². The fourth-order valence-electron chi connectivity index (χ4n) is 3.07. The summed E-state index contributed by atoms with van der Waals surface area (Å²) >= 11 is 0. The molecule has 0 spiro atoms. The molecule has 0 unspecified atom stereocenters. The van der Waals surface area contributed by atoms with E-state index in [9.17, 15) is 14.4 Å².